The van der Waals surface area contributed by atoms with E-state index in [0.29, 0.717) is 0 Å². The normalized spacial score (nSPS) is 15.0. The van der Waals surface area contributed by atoms with Crippen LogP contribution in [0.1, 0.15) is 0 Å². The Balaban J connectivity index is 1.36. The fourth-order valence-electron chi connectivity index (χ4n) is 4.26. The molecule has 0 aromatic heterocycles. The van der Waals surface area contributed by atoms with E-state index in [9.17, 15) is 46.6 Å². The number of anilines is 2. The van der Waals surface area contributed by atoms with Gasteiger partial charge in [0.05, 0.1) is 28.5 Å². The van der Waals surface area contributed by atoms with Crippen LogP contribution in [-0.2, 0) is 29.4 Å². The maximum absolute atomic E-state index is 13.0. The van der Waals surface area contributed by atoms with Gasteiger partial charge in [0.1, 0.15) is 16.7 Å². The van der Waals surface area contributed by atoms with Crippen molar-refractivity contribution in [3.05, 3.63) is 139 Å². The monoisotopic (exact) mass is 750 g/mol. The number of benzene rings is 3. The number of nitrogens with zero attached hydrogens (tertiary/aromatic N) is 8. The van der Waals surface area contributed by atoms with Crippen molar-refractivity contribution in [2.75, 3.05) is 10.5 Å². The smallest absolute Gasteiger partial charge is 0.388 e. The van der Waals surface area contributed by atoms with Gasteiger partial charge in [-0.1, -0.05) is 0 Å². The molecule has 2 aliphatic rings. The lowest BCUT2D eigenvalue weighted by molar-refractivity contribution is 0.0290. The highest BCUT2D eigenvalue weighted by atomic mass is 32.3. The average molecular weight is 751 g/mol. The van der Waals surface area contributed by atoms with Crippen LogP contribution in [0.2, 0.25) is 0 Å². The topological polar surface area (TPSA) is 316 Å². The van der Waals surface area contributed by atoms with E-state index in [-0.39, 0.29) is 50.5 Å². The predicted molar refractivity (Wildman–Crippen MR) is 189 cm³/mol. The van der Waals surface area contributed by atoms with Crippen LogP contribution in [0.15, 0.2) is 147 Å². The van der Waals surface area contributed by atoms with E-state index >= 15 is 0 Å². The van der Waals surface area contributed by atoms with Crippen LogP contribution in [0.4, 0.5) is 22.7 Å². The van der Waals surface area contributed by atoms with Gasteiger partial charge >= 0.3 is 21.0 Å². The Labute approximate surface area is 292 Å². The number of hydrogen-bond acceptors (Lipinski definition) is 16. The Hall–Kier alpha value is -5.92. The van der Waals surface area contributed by atoms with Crippen LogP contribution < -0.4 is 32.0 Å². The first-order valence-corrected chi connectivity index (χ1v) is 17.0. The summed E-state index contributed by atoms with van der Waals surface area (Å²) in [6.07, 6.45) is 11.3. The van der Waals surface area contributed by atoms with Crippen molar-refractivity contribution in [1.29, 1.82) is 0 Å². The van der Waals surface area contributed by atoms with Gasteiger partial charge in [-0.15, -0.1) is 15.4 Å². The second-order valence-electron chi connectivity index (χ2n) is 10.3. The molecule has 5 rings (SSSR count). The standard InChI is InChI=1S/C30H22N8O12S2/c39-26-14-13-25(35-33-19-5-1-17(2-6-19)31-23-11-9-21(37(41)42)15-27(23)51(45,46)47)30(40)29(26)36-34-20-7-3-18(4-8-20)32-24-12-10-22(38(43)44)16-28(24)52(48,49)50/h1-16,43-44H,(H2,45,46,47)(H2,48,49,50). The molecule has 0 heterocycles. The zero-order valence-electron chi connectivity index (χ0n) is 25.8. The second-order valence-corrected chi connectivity index (χ2v) is 13.1. The van der Waals surface area contributed by atoms with E-state index in [2.05, 4.69) is 30.4 Å². The van der Waals surface area contributed by atoms with Crippen LogP contribution in [0.3, 0.4) is 0 Å². The first kappa shape index (κ1) is 37.3. The van der Waals surface area contributed by atoms with Gasteiger partial charge in [0.15, 0.2) is 5.36 Å². The summed E-state index contributed by atoms with van der Waals surface area (Å²) in [4.78, 5) is 32.4. The van der Waals surface area contributed by atoms with Crippen molar-refractivity contribution >= 4 is 66.6 Å². The number of allylic oxidation sites excluding steroid dienone is 8. The Morgan fingerprint density at radius 2 is 1.00 bits per heavy atom. The SMILES string of the molecule is O=c1ccc(=NN=C2C=CC(=Nc3ccc(N([O-])[O-])cc3[S+](=O)(O)O)C=C2)c(=O)c1=NN=C1C=CC(=Nc2ccc(N(O)O)cc2[S+](=O)(O)O)C=C1. The number of aliphatic imine (C=N–C) groups is 2. The molecule has 0 fully saturated rings. The average Bonchev–Trinajstić information content (AvgIpc) is 3.08. The lowest BCUT2D eigenvalue weighted by Gasteiger charge is -2.37. The first-order valence-electron chi connectivity index (χ1n) is 14.1. The summed E-state index contributed by atoms with van der Waals surface area (Å²) >= 11 is 0. The molecule has 20 nitrogen and oxygen atoms in total. The molecule has 266 valence electrons. The van der Waals surface area contributed by atoms with Gasteiger partial charge in [0.2, 0.25) is 10.9 Å². The minimum atomic E-state index is -4.60. The Morgan fingerprint density at radius 3 is 1.46 bits per heavy atom. The van der Waals surface area contributed by atoms with Crippen molar-refractivity contribution in [2.24, 2.45) is 30.4 Å². The highest BCUT2D eigenvalue weighted by molar-refractivity contribution is 7.92. The fourth-order valence-corrected chi connectivity index (χ4v) is 5.58. The fraction of sp³-hybridized carbons (Fsp3) is 0. The molecule has 3 aromatic carbocycles. The van der Waals surface area contributed by atoms with Gasteiger partial charge in [0, 0.05) is 17.8 Å². The molecular formula is C30H22N8O12S2. The molecule has 0 unspecified atom stereocenters. The van der Waals surface area contributed by atoms with Crippen LogP contribution >= 0.6 is 0 Å². The summed E-state index contributed by atoms with van der Waals surface area (Å²) in [6, 6.07) is 8.26. The van der Waals surface area contributed by atoms with Crippen molar-refractivity contribution < 1.29 is 37.0 Å². The van der Waals surface area contributed by atoms with E-state index in [1.165, 1.54) is 54.7 Å². The largest absolute Gasteiger partial charge is 0.769 e. The maximum atomic E-state index is 13.0. The molecule has 0 bridgehead atoms. The van der Waals surface area contributed by atoms with E-state index in [4.69, 9.17) is 10.4 Å². The van der Waals surface area contributed by atoms with Crippen LogP contribution in [0, 0.1) is 10.4 Å². The third-order valence-electron chi connectivity index (χ3n) is 6.71. The van der Waals surface area contributed by atoms with Crippen molar-refractivity contribution in [3.8, 4) is 0 Å². The zero-order chi connectivity index (χ0) is 37.8. The molecule has 3 aromatic rings. The van der Waals surface area contributed by atoms with Gasteiger partial charge in [-0.05, 0) is 93.4 Å². The minimum absolute atomic E-state index is 0.155. The summed E-state index contributed by atoms with van der Waals surface area (Å²) in [5, 5.41) is 54.0. The predicted octanol–water partition coefficient (Wildman–Crippen LogP) is 2.59. The molecule has 22 heteroatoms. The van der Waals surface area contributed by atoms with Gasteiger partial charge in [0.25, 0.3) is 9.79 Å². The molecular weight excluding hydrogens is 729 g/mol. The zero-order valence-corrected chi connectivity index (χ0v) is 27.4. The molecule has 0 amide bonds. The molecule has 52 heavy (non-hydrogen) atoms. The van der Waals surface area contributed by atoms with Crippen LogP contribution in [0.25, 0.3) is 0 Å². The number of hydrogen-bond donors (Lipinski definition) is 6. The summed E-state index contributed by atoms with van der Waals surface area (Å²) in [5.41, 5.74) is -1.98. The highest BCUT2D eigenvalue weighted by Gasteiger charge is 2.32. The first-order chi connectivity index (χ1) is 24.5. The lowest BCUT2D eigenvalue weighted by Crippen LogP contribution is -2.46. The van der Waals surface area contributed by atoms with Gasteiger partial charge < -0.3 is 15.6 Å². The molecule has 0 saturated heterocycles. The lowest BCUT2D eigenvalue weighted by atomic mass is 10.1. The van der Waals surface area contributed by atoms with E-state index in [1.807, 2.05) is 0 Å². The molecule has 0 atom stereocenters. The summed E-state index contributed by atoms with van der Waals surface area (Å²) < 4.78 is 62.3. The quantitative estimate of drug-likeness (QED) is 0.110. The molecule has 0 radical (unpaired) electrons. The molecule has 0 saturated carbocycles. The Morgan fingerprint density at radius 1 is 0.558 bits per heavy atom. The van der Waals surface area contributed by atoms with Crippen molar-refractivity contribution in [1.82, 2.24) is 0 Å². The van der Waals surface area contributed by atoms with Crippen molar-refractivity contribution in [2.45, 2.75) is 9.79 Å². The van der Waals surface area contributed by atoms with E-state index in [0.717, 1.165) is 42.5 Å². The minimum Gasteiger partial charge on any atom is -0.769 e. The van der Waals surface area contributed by atoms with E-state index in [1.54, 1.807) is 0 Å². The summed E-state index contributed by atoms with van der Waals surface area (Å²) in [6.45, 7) is 0. The summed E-state index contributed by atoms with van der Waals surface area (Å²) in [5.74, 6) is 0. The maximum Gasteiger partial charge on any atom is 0.388 e. The van der Waals surface area contributed by atoms with Crippen molar-refractivity contribution in [3.63, 3.8) is 0 Å². The summed E-state index contributed by atoms with van der Waals surface area (Å²) in [7, 11) is -9.15. The molecule has 2 aliphatic carbocycles. The third kappa shape index (κ3) is 9.05. The van der Waals surface area contributed by atoms with Gasteiger partial charge in [-0.3, -0.25) is 20.0 Å². The highest BCUT2D eigenvalue weighted by Crippen LogP contribution is 2.32. The van der Waals surface area contributed by atoms with Crippen LogP contribution in [-0.4, -0.2) is 51.5 Å². The molecule has 6 N–H and O–H groups in total. The Kier molecular flexibility index (Phi) is 10.9. The van der Waals surface area contributed by atoms with Crippen LogP contribution in [0.5, 0.6) is 0 Å². The molecule has 0 aliphatic heterocycles. The number of rotatable bonds is 8. The van der Waals surface area contributed by atoms with Gasteiger partial charge in [-0.2, -0.15) is 28.4 Å². The third-order valence-corrected chi connectivity index (χ3v) is 8.51. The second kappa shape index (κ2) is 15.1. The van der Waals surface area contributed by atoms with Gasteiger partial charge in [-0.25, -0.2) is 9.98 Å². The van der Waals surface area contributed by atoms with E-state index < -0.39 is 57.9 Å². The molecule has 0 spiro atoms. The Bertz CT molecular complexity index is 2500.